The quantitative estimate of drug-likeness (QED) is 0.623. The number of aromatic nitrogens is 1. The molecule has 0 saturated heterocycles. The molecule has 0 aliphatic rings. The molecule has 1 aromatic rings. The van der Waals surface area contributed by atoms with Gasteiger partial charge < -0.3 is 14.3 Å². The normalized spacial score (nSPS) is 9.64. The molecular weight excluding hydrogens is 150 g/mol. The number of nitrogens with zero attached hydrogens (tertiary/aromatic N) is 1. The van der Waals surface area contributed by atoms with Gasteiger partial charge in [-0.1, -0.05) is 0 Å². The topological polar surface area (TPSA) is 72.6 Å². The number of hydrogen-bond donors (Lipinski definition) is 1. The highest BCUT2D eigenvalue weighted by Crippen LogP contribution is 2.11. The van der Waals surface area contributed by atoms with E-state index in [2.05, 4.69) is 14.1 Å². The first-order chi connectivity index (χ1) is 5.15. The zero-order chi connectivity index (χ0) is 8.43. The lowest BCUT2D eigenvalue weighted by Gasteiger charge is -1.97. The SMILES string of the molecule is COc1nc(O)c(C)c(=O)o1. The predicted octanol–water partition coefficient (Wildman–Crippen LogP) is 0.0574. The number of hydrogen-bond acceptors (Lipinski definition) is 5. The van der Waals surface area contributed by atoms with Gasteiger partial charge >= 0.3 is 11.7 Å². The summed E-state index contributed by atoms with van der Waals surface area (Å²) < 4.78 is 8.98. The van der Waals surface area contributed by atoms with Gasteiger partial charge in [-0.05, 0) is 6.92 Å². The lowest BCUT2D eigenvalue weighted by atomic mass is 10.4. The third kappa shape index (κ3) is 1.31. The standard InChI is InChI=1S/C6H7NO4/c1-3-4(8)7-6(10-2)11-5(3)9/h8H,1-2H3. The van der Waals surface area contributed by atoms with Gasteiger partial charge in [-0.15, -0.1) is 4.98 Å². The van der Waals surface area contributed by atoms with Gasteiger partial charge in [0.2, 0.25) is 5.88 Å². The van der Waals surface area contributed by atoms with Crippen LogP contribution in [0.2, 0.25) is 0 Å². The molecule has 0 unspecified atom stereocenters. The lowest BCUT2D eigenvalue weighted by molar-refractivity contribution is 0.254. The van der Waals surface area contributed by atoms with E-state index in [0.717, 1.165) is 0 Å². The van der Waals surface area contributed by atoms with Crippen LogP contribution < -0.4 is 10.4 Å². The van der Waals surface area contributed by atoms with E-state index in [1.807, 2.05) is 0 Å². The van der Waals surface area contributed by atoms with Crippen molar-refractivity contribution in [2.45, 2.75) is 6.92 Å². The van der Waals surface area contributed by atoms with Crippen molar-refractivity contribution in [2.24, 2.45) is 0 Å². The van der Waals surface area contributed by atoms with E-state index in [-0.39, 0.29) is 17.5 Å². The molecule has 0 bridgehead atoms. The molecule has 1 heterocycles. The maximum Gasteiger partial charge on any atom is 0.399 e. The largest absolute Gasteiger partial charge is 0.493 e. The van der Waals surface area contributed by atoms with Crippen molar-refractivity contribution >= 4 is 0 Å². The number of aromatic hydroxyl groups is 1. The van der Waals surface area contributed by atoms with Crippen molar-refractivity contribution in [3.05, 3.63) is 16.0 Å². The van der Waals surface area contributed by atoms with E-state index in [4.69, 9.17) is 5.11 Å². The van der Waals surface area contributed by atoms with Crippen LogP contribution in [0.5, 0.6) is 12.0 Å². The maximum absolute atomic E-state index is 10.8. The Morgan fingerprint density at radius 1 is 1.64 bits per heavy atom. The molecule has 0 aliphatic carbocycles. The van der Waals surface area contributed by atoms with Gasteiger partial charge in [0.1, 0.15) is 0 Å². The van der Waals surface area contributed by atoms with Gasteiger partial charge in [0.05, 0.1) is 12.7 Å². The van der Waals surface area contributed by atoms with Crippen LogP contribution in [0.4, 0.5) is 0 Å². The summed E-state index contributed by atoms with van der Waals surface area (Å²) in [5, 5.41) is 8.96. The second-order valence-electron chi connectivity index (χ2n) is 1.92. The molecule has 0 amide bonds. The van der Waals surface area contributed by atoms with E-state index >= 15 is 0 Å². The summed E-state index contributed by atoms with van der Waals surface area (Å²) >= 11 is 0. The molecule has 0 fully saturated rings. The summed E-state index contributed by atoms with van der Waals surface area (Å²) in [5.41, 5.74) is -0.569. The van der Waals surface area contributed by atoms with Crippen LogP contribution in [0.25, 0.3) is 0 Å². The molecule has 0 spiro atoms. The zero-order valence-electron chi connectivity index (χ0n) is 6.12. The zero-order valence-corrected chi connectivity index (χ0v) is 6.12. The van der Waals surface area contributed by atoms with E-state index < -0.39 is 5.63 Å². The predicted molar refractivity (Wildman–Crippen MR) is 35.7 cm³/mol. The molecular formula is C6H7NO4. The molecule has 60 valence electrons. The third-order valence-corrected chi connectivity index (χ3v) is 1.19. The fourth-order valence-corrected chi connectivity index (χ4v) is 0.528. The van der Waals surface area contributed by atoms with E-state index in [9.17, 15) is 4.79 Å². The molecule has 0 saturated carbocycles. The Morgan fingerprint density at radius 3 is 2.73 bits per heavy atom. The van der Waals surface area contributed by atoms with Gasteiger partial charge in [-0.25, -0.2) is 4.79 Å². The summed E-state index contributed by atoms with van der Waals surface area (Å²) in [6.45, 7) is 1.41. The summed E-state index contributed by atoms with van der Waals surface area (Å²) in [6.07, 6.45) is -0.238. The number of rotatable bonds is 1. The van der Waals surface area contributed by atoms with Gasteiger partial charge in [-0.2, -0.15) is 0 Å². The minimum absolute atomic E-state index is 0.0748. The molecule has 0 radical (unpaired) electrons. The molecule has 5 nitrogen and oxygen atoms in total. The fraction of sp³-hybridized carbons (Fsp3) is 0.333. The first-order valence-corrected chi connectivity index (χ1v) is 2.90. The molecule has 0 aliphatic heterocycles. The molecule has 1 N–H and O–H groups in total. The Bertz CT molecular complexity index is 317. The van der Waals surface area contributed by atoms with E-state index in [0.29, 0.717) is 0 Å². The van der Waals surface area contributed by atoms with Crippen LogP contribution >= 0.6 is 0 Å². The maximum atomic E-state index is 10.8. The first-order valence-electron chi connectivity index (χ1n) is 2.90. The van der Waals surface area contributed by atoms with Crippen molar-refractivity contribution < 1.29 is 14.3 Å². The molecule has 1 rings (SSSR count). The molecule has 11 heavy (non-hydrogen) atoms. The third-order valence-electron chi connectivity index (χ3n) is 1.19. The number of methoxy groups -OCH3 is 1. The van der Waals surface area contributed by atoms with Crippen molar-refractivity contribution in [3.8, 4) is 12.0 Å². The van der Waals surface area contributed by atoms with Crippen LogP contribution in [0, 0.1) is 6.92 Å². The Labute approximate surface area is 62.3 Å². The van der Waals surface area contributed by atoms with E-state index in [1.165, 1.54) is 14.0 Å². The Balaban J connectivity index is 3.32. The van der Waals surface area contributed by atoms with Crippen molar-refractivity contribution in [2.75, 3.05) is 7.11 Å². The second-order valence-corrected chi connectivity index (χ2v) is 1.92. The Hall–Kier alpha value is -1.52. The Kier molecular flexibility index (Phi) is 1.80. The monoisotopic (exact) mass is 157 g/mol. The highest BCUT2D eigenvalue weighted by Gasteiger charge is 2.07. The molecule has 1 aromatic heterocycles. The summed E-state index contributed by atoms with van der Waals surface area (Å²) in [6, 6.07) is 0. The second kappa shape index (κ2) is 2.61. The van der Waals surface area contributed by atoms with Crippen LogP contribution in [-0.2, 0) is 0 Å². The average molecular weight is 157 g/mol. The van der Waals surface area contributed by atoms with Crippen LogP contribution in [0.3, 0.4) is 0 Å². The highest BCUT2D eigenvalue weighted by molar-refractivity contribution is 5.19. The average Bonchev–Trinajstić information content (AvgIpc) is 1.99. The summed E-state index contributed by atoms with van der Waals surface area (Å²) in [4.78, 5) is 14.2. The van der Waals surface area contributed by atoms with Crippen molar-refractivity contribution in [1.82, 2.24) is 4.98 Å². The lowest BCUT2D eigenvalue weighted by Crippen LogP contribution is -2.05. The highest BCUT2D eigenvalue weighted by atomic mass is 16.6. The minimum Gasteiger partial charge on any atom is -0.493 e. The Morgan fingerprint density at radius 2 is 2.27 bits per heavy atom. The van der Waals surface area contributed by atoms with Crippen LogP contribution in [-0.4, -0.2) is 17.2 Å². The summed E-state index contributed by atoms with van der Waals surface area (Å²) in [5.74, 6) is -0.363. The van der Waals surface area contributed by atoms with E-state index in [1.54, 1.807) is 0 Å². The van der Waals surface area contributed by atoms with Gasteiger partial charge in [-0.3, -0.25) is 0 Å². The fourth-order valence-electron chi connectivity index (χ4n) is 0.528. The van der Waals surface area contributed by atoms with Gasteiger partial charge in [0.25, 0.3) is 0 Å². The smallest absolute Gasteiger partial charge is 0.399 e. The van der Waals surface area contributed by atoms with Crippen molar-refractivity contribution in [3.63, 3.8) is 0 Å². The first kappa shape index (κ1) is 7.59. The summed E-state index contributed by atoms with van der Waals surface area (Å²) in [7, 11) is 1.29. The minimum atomic E-state index is -0.644. The van der Waals surface area contributed by atoms with Crippen molar-refractivity contribution in [1.29, 1.82) is 0 Å². The molecule has 0 atom stereocenters. The van der Waals surface area contributed by atoms with Crippen LogP contribution in [0.15, 0.2) is 9.21 Å². The van der Waals surface area contributed by atoms with Crippen LogP contribution in [0.1, 0.15) is 5.56 Å². The molecule has 0 aromatic carbocycles. The van der Waals surface area contributed by atoms with Gasteiger partial charge in [0.15, 0.2) is 0 Å². The number of ether oxygens (including phenoxy) is 1. The van der Waals surface area contributed by atoms with Gasteiger partial charge in [0, 0.05) is 0 Å². The molecule has 5 heteroatoms.